The Morgan fingerprint density at radius 1 is 1.35 bits per heavy atom. The van der Waals surface area contributed by atoms with Gasteiger partial charge in [0, 0.05) is 20.3 Å². The van der Waals surface area contributed by atoms with Crippen LogP contribution in [0.1, 0.15) is 10.5 Å². The van der Waals surface area contributed by atoms with Gasteiger partial charge >= 0.3 is 0 Å². The summed E-state index contributed by atoms with van der Waals surface area (Å²) in [6.45, 7) is -0.351. The van der Waals surface area contributed by atoms with Crippen molar-refractivity contribution in [2.45, 2.75) is 4.90 Å². The molecular formula is C12H17N3O6S2. The van der Waals surface area contributed by atoms with Crippen molar-refractivity contribution in [2.24, 2.45) is 0 Å². The zero-order chi connectivity index (χ0) is 17.3. The van der Waals surface area contributed by atoms with E-state index >= 15 is 0 Å². The van der Waals surface area contributed by atoms with Crippen molar-refractivity contribution in [1.29, 1.82) is 0 Å². The summed E-state index contributed by atoms with van der Waals surface area (Å²) < 4.78 is 48.7. The van der Waals surface area contributed by atoms with Crippen LogP contribution in [0, 0.1) is 0 Å². The first-order valence-corrected chi connectivity index (χ1v) is 9.94. The van der Waals surface area contributed by atoms with Crippen molar-refractivity contribution in [3.05, 3.63) is 24.0 Å². The highest BCUT2D eigenvalue weighted by atomic mass is 32.2. The van der Waals surface area contributed by atoms with Crippen LogP contribution in [-0.2, 0) is 24.7 Å². The minimum atomic E-state index is -3.87. The van der Waals surface area contributed by atoms with E-state index in [4.69, 9.17) is 4.84 Å². The van der Waals surface area contributed by atoms with Crippen LogP contribution in [-0.4, -0.2) is 75.8 Å². The molecule has 0 bridgehead atoms. The van der Waals surface area contributed by atoms with E-state index in [-0.39, 0.29) is 35.2 Å². The van der Waals surface area contributed by atoms with Crippen LogP contribution in [0.2, 0.25) is 0 Å². The molecule has 0 N–H and O–H groups in total. The van der Waals surface area contributed by atoms with E-state index in [1.54, 1.807) is 0 Å². The first kappa shape index (κ1) is 17.8. The monoisotopic (exact) mass is 363 g/mol. The summed E-state index contributed by atoms with van der Waals surface area (Å²) in [6, 6.07) is 2.67. The average molecular weight is 363 g/mol. The van der Waals surface area contributed by atoms with E-state index in [2.05, 4.69) is 4.98 Å². The lowest BCUT2D eigenvalue weighted by Crippen LogP contribution is -2.35. The fourth-order valence-electron chi connectivity index (χ4n) is 1.90. The summed E-state index contributed by atoms with van der Waals surface area (Å²) in [5.41, 5.74) is -0.305. The zero-order valence-corrected chi connectivity index (χ0v) is 14.3. The molecule has 0 atom stereocenters. The van der Waals surface area contributed by atoms with Gasteiger partial charge in [0.25, 0.3) is 5.91 Å². The van der Waals surface area contributed by atoms with Crippen molar-refractivity contribution >= 4 is 25.8 Å². The molecule has 2 rings (SSSR count). The smallest absolute Gasteiger partial charge is 0.270 e. The maximum Gasteiger partial charge on any atom is 0.297 e. The fourth-order valence-corrected chi connectivity index (χ4v) is 3.90. The number of rotatable bonds is 3. The lowest BCUT2D eigenvalue weighted by Gasteiger charge is -2.20. The first-order valence-electron chi connectivity index (χ1n) is 6.68. The van der Waals surface area contributed by atoms with Crippen molar-refractivity contribution in [2.75, 3.05) is 38.8 Å². The third kappa shape index (κ3) is 3.86. The third-order valence-corrected chi connectivity index (χ3v) is 6.65. The number of hydrogen-bond acceptors (Lipinski definition) is 7. The number of carbonyl (C=O) groups is 1. The number of sulfonamides is 1. The Balaban J connectivity index is 2.38. The molecule has 128 valence electrons. The molecular weight excluding hydrogens is 346 g/mol. The summed E-state index contributed by atoms with van der Waals surface area (Å²) >= 11 is 0. The zero-order valence-electron chi connectivity index (χ0n) is 12.7. The highest BCUT2D eigenvalue weighted by molar-refractivity contribution is 7.91. The van der Waals surface area contributed by atoms with Crippen LogP contribution in [0.4, 0.5) is 0 Å². The van der Waals surface area contributed by atoms with Gasteiger partial charge in [-0.25, -0.2) is 31.2 Å². The summed E-state index contributed by atoms with van der Waals surface area (Å²) in [7, 11) is -4.48. The van der Waals surface area contributed by atoms with Gasteiger partial charge in [0.1, 0.15) is 4.90 Å². The van der Waals surface area contributed by atoms with Gasteiger partial charge in [0.2, 0.25) is 10.0 Å². The Hall–Kier alpha value is -1.56. The van der Waals surface area contributed by atoms with Crippen LogP contribution < -0.4 is 0 Å². The van der Waals surface area contributed by atoms with E-state index < -0.39 is 25.8 Å². The largest absolute Gasteiger partial charge is 0.297 e. The maximum absolute atomic E-state index is 12.5. The van der Waals surface area contributed by atoms with Gasteiger partial charge in [-0.05, 0) is 12.1 Å². The van der Waals surface area contributed by atoms with Crippen molar-refractivity contribution < 1.29 is 26.5 Å². The molecule has 2 heterocycles. The van der Waals surface area contributed by atoms with Crippen molar-refractivity contribution in [3.63, 3.8) is 0 Å². The summed E-state index contributed by atoms with van der Waals surface area (Å²) in [5, 5.41) is 0.849. The number of aromatic nitrogens is 1. The Kier molecular flexibility index (Phi) is 5.04. The number of hydroxylamine groups is 2. The Bertz CT molecular complexity index is 804. The predicted octanol–water partition coefficient (Wildman–Crippen LogP) is -0.866. The van der Waals surface area contributed by atoms with Gasteiger partial charge in [-0.3, -0.25) is 9.63 Å². The van der Waals surface area contributed by atoms with Gasteiger partial charge in [-0.15, -0.1) is 0 Å². The Morgan fingerprint density at radius 2 is 2.04 bits per heavy atom. The van der Waals surface area contributed by atoms with Crippen LogP contribution in [0.25, 0.3) is 0 Å². The van der Waals surface area contributed by atoms with Crippen LogP contribution in [0.5, 0.6) is 0 Å². The second-order valence-electron chi connectivity index (χ2n) is 5.03. The highest BCUT2D eigenvalue weighted by Crippen LogP contribution is 2.19. The number of amides is 1. The van der Waals surface area contributed by atoms with Crippen molar-refractivity contribution in [3.8, 4) is 0 Å². The number of carbonyl (C=O) groups excluding carboxylic acids is 1. The maximum atomic E-state index is 12.5. The molecule has 1 amide bonds. The lowest BCUT2D eigenvalue weighted by molar-refractivity contribution is -0.112. The van der Waals surface area contributed by atoms with Gasteiger partial charge in [-0.1, -0.05) is 0 Å². The molecule has 1 saturated heterocycles. The van der Waals surface area contributed by atoms with Crippen LogP contribution in [0.3, 0.4) is 0 Å². The average Bonchev–Trinajstić information content (AvgIpc) is 2.67. The fraction of sp³-hybridized carbons (Fsp3) is 0.500. The molecule has 1 aliphatic heterocycles. The molecule has 9 nitrogen and oxygen atoms in total. The molecule has 1 aromatic rings. The van der Waals surface area contributed by atoms with Crippen LogP contribution >= 0.6 is 0 Å². The molecule has 0 aliphatic carbocycles. The summed E-state index contributed by atoms with van der Waals surface area (Å²) in [6.07, 6.45) is 1.29. The topological polar surface area (TPSA) is 114 Å². The summed E-state index contributed by atoms with van der Waals surface area (Å²) in [4.78, 5) is 21.2. The SMILES string of the molecule is CN(C)S(=O)(=O)c1cccnc1C(=O)N1CCS(=O)(=O)CCO1. The quantitative estimate of drug-likeness (QED) is 0.686. The second-order valence-corrected chi connectivity index (χ2v) is 9.45. The van der Waals surface area contributed by atoms with E-state index in [1.165, 1.54) is 32.4 Å². The van der Waals surface area contributed by atoms with Gasteiger partial charge in [0.05, 0.1) is 24.7 Å². The molecule has 1 aromatic heterocycles. The van der Waals surface area contributed by atoms with Gasteiger partial charge < -0.3 is 0 Å². The number of sulfone groups is 1. The first-order chi connectivity index (χ1) is 10.6. The summed E-state index contributed by atoms with van der Waals surface area (Å²) in [5.74, 6) is -1.23. The standard InChI is InChI=1S/C12H17N3O6S2/c1-14(2)23(19,20)10-4-3-5-13-11(10)12(16)15-6-8-22(17,18)9-7-21-15/h3-5H,6-9H2,1-2H3. The minimum absolute atomic E-state index is 0.170. The number of nitrogens with zero attached hydrogens (tertiary/aromatic N) is 3. The molecule has 0 unspecified atom stereocenters. The molecule has 0 spiro atoms. The van der Waals surface area contributed by atoms with Crippen molar-refractivity contribution in [1.82, 2.24) is 14.4 Å². The van der Waals surface area contributed by atoms with Gasteiger partial charge in [-0.2, -0.15) is 0 Å². The van der Waals surface area contributed by atoms with Crippen LogP contribution in [0.15, 0.2) is 23.2 Å². The number of pyridine rings is 1. The molecule has 23 heavy (non-hydrogen) atoms. The third-order valence-electron chi connectivity index (χ3n) is 3.21. The van der Waals surface area contributed by atoms with E-state index in [9.17, 15) is 21.6 Å². The van der Waals surface area contributed by atoms with E-state index in [0.717, 1.165) is 9.37 Å². The molecule has 0 saturated carbocycles. The Morgan fingerprint density at radius 3 is 2.70 bits per heavy atom. The molecule has 1 aliphatic rings. The molecule has 0 radical (unpaired) electrons. The minimum Gasteiger partial charge on any atom is -0.270 e. The van der Waals surface area contributed by atoms with E-state index in [1.807, 2.05) is 0 Å². The lowest BCUT2D eigenvalue weighted by atomic mass is 10.3. The molecule has 0 aromatic carbocycles. The highest BCUT2D eigenvalue weighted by Gasteiger charge is 2.31. The normalized spacial score (nSPS) is 18.7. The van der Waals surface area contributed by atoms with Gasteiger partial charge in [0.15, 0.2) is 15.5 Å². The second kappa shape index (κ2) is 6.51. The van der Waals surface area contributed by atoms with E-state index in [0.29, 0.717) is 0 Å². The predicted molar refractivity (Wildman–Crippen MR) is 80.8 cm³/mol. The Labute approximate surface area is 134 Å². The number of hydrogen-bond donors (Lipinski definition) is 0. The molecule has 1 fully saturated rings. The molecule has 11 heteroatoms.